The number of rotatable bonds is 7. The molecule has 0 aromatic carbocycles. The van der Waals surface area contributed by atoms with Crippen molar-refractivity contribution in [3.8, 4) is 0 Å². The Bertz CT molecular complexity index is 1190. The van der Waals surface area contributed by atoms with E-state index in [1.54, 1.807) is 20.8 Å². The molecule has 238 valence electrons. The van der Waals surface area contributed by atoms with Crippen molar-refractivity contribution in [2.24, 2.45) is 23.0 Å². The lowest BCUT2D eigenvalue weighted by atomic mass is 9.73. The number of epoxide rings is 1. The Morgan fingerprint density at radius 1 is 1.29 bits per heavy atom. The number of esters is 1. The first-order valence-electron chi connectivity index (χ1n) is 14.7. The number of nitrogens with zero attached hydrogens (tertiary/aromatic N) is 1. The molecule has 11 nitrogen and oxygen atoms in total. The average Bonchev–Trinajstić information content (AvgIpc) is 3.31. The zero-order chi connectivity index (χ0) is 31.5. The van der Waals surface area contributed by atoms with Gasteiger partial charge in [0.2, 0.25) is 0 Å². The molecule has 13 heteroatoms. The molecule has 8 atom stereocenters. The van der Waals surface area contributed by atoms with Gasteiger partial charge in [-0.1, -0.05) is 34.1 Å². The maximum Gasteiger partial charge on any atom is 0.309 e. The van der Waals surface area contributed by atoms with Crippen LogP contribution in [0.15, 0.2) is 11.0 Å². The highest BCUT2D eigenvalue weighted by atomic mass is 32.1. The van der Waals surface area contributed by atoms with Crippen LogP contribution in [-0.4, -0.2) is 74.6 Å². The molecular weight excluding hydrogens is 581 g/mol. The van der Waals surface area contributed by atoms with Crippen LogP contribution in [0.3, 0.4) is 0 Å². The number of hydrogen-bond acceptors (Lipinski definition) is 10. The van der Waals surface area contributed by atoms with Crippen LogP contribution < -0.4 is 10.8 Å². The van der Waals surface area contributed by atoms with Crippen molar-refractivity contribution < 1.29 is 38.7 Å². The number of cyclic esters (lactones) is 1. The number of ketones is 1. The monoisotopic (exact) mass is 629 g/mol. The third-order valence-corrected chi connectivity index (χ3v) is 11.2. The summed E-state index contributed by atoms with van der Waals surface area (Å²) in [7, 11) is -3.53. The lowest BCUT2D eigenvalue weighted by Crippen LogP contribution is -2.45. The number of nitrogens with two attached hydrogens (primary N) is 1. The highest BCUT2D eigenvalue weighted by molar-refractivity contribution is 7.55. The summed E-state index contributed by atoms with van der Waals surface area (Å²) in [4.78, 5) is 40.8. The van der Waals surface area contributed by atoms with E-state index in [9.17, 15) is 29.3 Å². The van der Waals surface area contributed by atoms with E-state index in [1.807, 2.05) is 32.2 Å². The van der Waals surface area contributed by atoms with Crippen molar-refractivity contribution in [1.29, 1.82) is 0 Å². The van der Waals surface area contributed by atoms with E-state index in [1.165, 1.54) is 11.3 Å². The van der Waals surface area contributed by atoms with Gasteiger partial charge in [0.05, 0.1) is 54.1 Å². The fourth-order valence-corrected chi connectivity index (χ4v) is 7.24. The Kier molecular flexibility index (Phi) is 11.7. The van der Waals surface area contributed by atoms with Crippen molar-refractivity contribution in [3.63, 3.8) is 0 Å². The van der Waals surface area contributed by atoms with Crippen LogP contribution in [0.5, 0.6) is 0 Å². The molecule has 0 bridgehead atoms. The van der Waals surface area contributed by atoms with Crippen LogP contribution in [0, 0.1) is 17.3 Å². The van der Waals surface area contributed by atoms with Gasteiger partial charge < -0.3 is 30.3 Å². The van der Waals surface area contributed by atoms with E-state index >= 15 is 0 Å². The molecule has 3 heterocycles. The van der Waals surface area contributed by atoms with E-state index in [0.717, 1.165) is 24.8 Å². The minimum absolute atomic E-state index is 0.0283. The molecule has 3 unspecified atom stereocenters. The van der Waals surface area contributed by atoms with Crippen LogP contribution in [0.1, 0.15) is 84.3 Å². The van der Waals surface area contributed by atoms with Gasteiger partial charge in [0.1, 0.15) is 16.9 Å². The topological polar surface area (TPSA) is 185 Å². The lowest BCUT2D eigenvalue weighted by Gasteiger charge is -2.34. The van der Waals surface area contributed by atoms with Gasteiger partial charge in [0, 0.05) is 24.3 Å². The maximum atomic E-state index is 13.3. The summed E-state index contributed by atoms with van der Waals surface area (Å²) in [6.45, 7) is 10.9. The molecule has 3 rings (SSSR count). The number of aliphatic hydroxyl groups excluding tert-OH is 2. The smallest absolute Gasteiger partial charge is 0.309 e. The fourth-order valence-electron chi connectivity index (χ4n) is 5.54. The number of carbonyl (C=O) groups is 2. The highest BCUT2D eigenvalue weighted by Gasteiger charge is 2.53. The first-order valence-corrected chi connectivity index (χ1v) is 17.4. The van der Waals surface area contributed by atoms with E-state index in [4.69, 9.17) is 15.2 Å². The van der Waals surface area contributed by atoms with Gasteiger partial charge in [-0.15, -0.1) is 11.3 Å². The second kappa shape index (κ2) is 14.1. The number of fused-ring (bicyclic) bond motifs is 1. The van der Waals surface area contributed by atoms with Gasteiger partial charge >= 0.3 is 5.97 Å². The summed E-state index contributed by atoms with van der Waals surface area (Å²) in [5.74, 6) is -1.75. The van der Waals surface area contributed by atoms with Gasteiger partial charge in [-0.2, -0.15) is 0 Å². The normalized spacial score (nSPS) is 34.8. The molecule has 6 N–H and O–H groups in total. The Hall–Kier alpha value is -1.50. The van der Waals surface area contributed by atoms with Crippen LogP contribution >= 0.6 is 18.9 Å². The first kappa shape index (κ1) is 35.0. The van der Waals surface area contributed by atoms with Gasteiger partial charge in [0.25, 0.3) is 7.52 Å². The molecule has 0 radical (unpaired) electrons. The second-order valence-electron chi connectivity index (χ2n) is 12.7. The number of aromatic nitrogens is 1. The molecule has 0 spiro atoms. The molecule has 1 aromatic heterocycles. The summed E-state index contributed by atoms with van der Waals surface area (Å²) in [6, 6.07) is 0. The number of Topliss-reactive ketones (excluding diaryl/α,β-unsaturated/α-hetero) is 1. The summed E-state index contributed by atoms with van der Waals surface area (Å²) in [6.07, 6.45) is 1.20. The highest BCUT2D eigenvalue weighted by Crippen LogP contribution is 2.45. The van der Waals surface area contributed by atoms with E-state index in [0.29, 0.717) is 17.1 Å². The van der Waals surface area contributed by atoms with Crippen molar-refractivity contribution in [1.82, 2.24) is 10.1 Å². The number of thiazole rings is 1. The van der Waals surface area contributed by atoms with Crippen LogP contribution in [-0.2, 0) is 30.2 Å². The Balaban J connectivity index is 1.80. The zero-order valence-corrected chi connectivity index (χ0v) is 27.2. The fraction of sp³-hybridized carbons (Fsp3) is 0.759. The van der Waals surface area contributed by atoms with Gasteiger partial charge in [-0.25, -0.2) is 10.1 Å². The molecule has 2 aliphatic rings. The van der Waals surface area contributed by atoms with E-state index < -0.39 is 43.1 Å². The number of nitrogens with one attached hydrogen (secondary N) is 1. The molecule has 1 aromatic rings. The molecule has 2 fully saturated rings. The first-order chi connectivity index (χ1) is 19.5. The van der Waals surface area contributed by atoms with Crippen LogP contribution in [0.4, 0.5) is 0 Å². The summed E-state index contributed by atoms with van der Waals surface area (Å²) >= 11 is 1.34. The number of aliphatic hydroxyl groups is 2. The largest absolute Gasteiger partial charge is 0.458 e. The molecule has 2 aliphatic heterocycles. The molecular formula is C29H48N3O8PS. The molecule has 42 heavy (non-hydrogen) atoms. The minimum Gasteiger partial charge on any atom is -0.458 e. The number of ether oxygens (including phenoxy) is 2. The predicted octanol–water partition coefficient (Wildman–Crippen LogP) is 3.40. The third-order valence-electron chi connectivity index (χ3n) is 8.77. The summed E-state index contributed by atoms with van der Waals surface area (Å²) in [5.41, 5.74) is 5.11. The lowest BCUT2D eigenvalue weighted by molar-refractivity contribution is -0.154. The van der Waals surface area contributed by atoms with Crippen molar-refractivity contribution in [2.75, 3.05) is 12.7 Å². The van der Waals surface area contributed by atoms with Crippen molar-refractivity contribution in [3.05, 3.63) is 21.7 Å². The Labute approximate surface area is 252 Å². The minimum atomic E-state index is -3.53. The van der Waals surface area contributed by atoms with Gasteiger partial charge in [-0.3, -0.25) is 14.2 Å². The number of hydrogen-bond donors (Lipinski definition) is 5. The second-order valence-corrected chi connectivity index (χ2v) is 15.8. The average molecular weight is 630 g/mol. The van der Waals surface area contributed by atoms with Crippen LogP contribution in [0.25, 0.3) is 6.08 Å². The number of carbonyl (C=O) groups excluding carboxylic acids is 2. The molecule has 0 amide bonds. The molecule has 2 saturated heterocycles. The Morgan fingerprint density at radius 3 is 2.64 bits per heavy atom. The predicted molar refractivity (Wildman–Crippen MR) is 162 cm³/mol. The van der Waals surface area contributed by atoms with E-state index in [2.05, 4.69) is 10.1 Å². The maximum absolute atomic E-state index is 13.3. The molecule has 0 saturated carbocycles. The SMILES string of the molecule is C/C(=C\c1csc(CNP(=O)(O)CCN)n1)[C@@H]1C[C@@H]2O[C@]2(C)CCCC(C)C(O)[C@@H](C)C(=O)C(C)(C)[C@@H](O)CC(=O)O1. The van der Waals surface area contributed by atoms with E-state index in [-0.39, 0.29) is 49.1 Å². The quantitative estimate of drug-likeness (QED) is 0.169. The van der Waals surface area contributed by atoms with Gasteiger partial charge in [-0.05, 0) is 44.3 Å². The summed E-state index contributed by atoms with van der Waals surface area (Å²) < 4.78 is 24.0. The third kappa shape index (κ3) is 9.01. The summed E-state index contributed by atoms with van der Waals surface area (Å²) in [5, 5.41) is 26.9. The van der Waals surface area contributed by atoms with Gasteiger partial charge in [0.15, 0.2) is 0 Å². The Morgan fingerprint density at radius 2 is 1.98 bits per heavy atom. The zero-order valence-electron chi connectivity index (χ0n) is 25.5. The standard InChI is InChI=1S/C29H48N3O8PS/c1-17-8-7-9-29(6)23(40-29)13-21(39-25(34)14-22(33)28(4,5)27(36)19(3)26(17)35)18(2)12-20-16-42-24(32-20)15-31-41(37,38)11-10-30/h12,16-17,19,21-23,26,33,35H,7-11,13-15,30H2,1-6H3,(H2,31,37,38)/b18-12+/t17?,19-,21+,22+,23+,26?,29-/m1/s1. The van der Waals surface area contributed by atoms with Crippen LogP contribution in [0.2, 0.25) is 0 Å². The van der Waals surface area contributed by atoms with Crippen molar-refractivity contribution >= 4 is 36.7 Å². The molecule has 0 aliphatic carbocycles. The van der Waals surface area contributed by atoms with Crippen molar-refractivity contribution in [2.45, 2.75) is 110 Å².